The van der Waals surface area contributed by atoms with Crippen molar-refractivity contribution in [2.24, 2.45) is 0 Å². The fourth-order valence-electron chi connectivity index (χ4n) is 2.80. The number of carbonyl (C=O) groups excluding carboxylic acids is 1. The van der Waals surface area contributed by atoms with E-state index in [0.717, 1.165) is 19.3 Å². The Bertz CT molecular complexity index is 535. The van der Waals surface area contributed by atoms with Gasteiger partial charge < -0.3 is 10.1 Å². The van der Waals surface area contributed by atoms with E-state index in [1.165, 1.54) is 19.3 Å². The number of carbonyl (C=O) groups is 1. The Morgan fingerprint density at radius 2 is 2.17 bits per heavy atom. The molecule has 0 saturated heterocycles. The molecule has 0 bridgehead atoms. The van der Waals surface area contributed by atoms with E-state index >= 15 is 0 Å². The summed E-state index contributed by atoms with van der Waals surface area (Å²) in [6.07, 6.45) is 8.37. The van der Waals surface area contributed by atoms with Gasteiger partial charge in [0.05, 0.1) is 6.54 Å². The lowest BCUT2D eigenvalue weighted by molar-refractivity contribution is -0.121. The van der Waals surface area contributed by atoms with E-state index in [9.17, 15) is 4.79 Å². The Morgan fingerprint density at radius 3 is 2.83 bits per heavy atom. The summed E-state index contributed by atoms with van der Waals surface area (Å²) in [6, 6.07) is 3.85. The predicted molar refractivity (Wildman–Crippen MR) is 96.5 cm³/mol. The minimum atomic E-state index is -0.315. The van der Waals surface area contributed by atoms with E-state index < -0.39 is 0 Å². The van der Waals surface area contributed by atoms with E-state index in [1.54, 1.807) is 18.3 Å². The molecule has 1 fully saturated rings. The molecule has 0 spiro atoms. The second-order valence-corrected chi connectivity index (χ2v) is 7.16. The number of nitrogens with one attached hydrogen (secondary N) is 2. The Kier molecular flexibility index (Phi) is 7.31. The Balaban J connectivity index is 1.78. The van der Waals surface area contributed by atoms with Crippen LogP contribution in [0.3, 0.4) is 0 Å². The van der Waals surface area contributed by atoms with Crippen molar-refractivity contribution in [1.82, 2.24) is 15.6 Å². The lowest BCUT2D eigenvalue weighted by Gasteiger charge is -2.30. The number of nitrogens with zero attached hydrogens (tertiary/aromatic N) is 1. The van der Waals surface area contributed by atoms with Gasteiger partial charge in [-0.15, -0.1) is 0 Å². The van der Waals surface area contributed by atoms with Gasteiger partial charge >= 0.3 is 0 Å². The summed E-state index contributed by atoms with van der Waals surface area (Å²) in [5.74, 6) is 0.477. The highest BCUT2D eigenvalue weighted by molar-refractivity contribution is 6.31. The molecule has 0 aliphatic heterocycles. The molecule has 6 heteroatoms. The third-order valence-electron chi connectivity index (χ3n) is 4.68. The van der Waals surface area contributed by atoms with Crippen LogP contribution in [0, 0.1) is 0 Å². The minimum absolute atomic E-state index is 0.0532. The molecule has 2 rings (SSSR count). The summed E-state index contributed by atoms with van der Waals surface area (Å²) in [5.41, 5.74) is -0.315. The maximum Gasteiger partial charge on any atom is 0.234 e. The normalized spacial score (nSPS) is 18.0. The maximum absolute atomic E-state index is 12.2. The summed E-state index contributed by atoms with van der Waals surface area (Å²) < 4.78 is 5.74. The van der Waals surface area contributed by atoms with Crippen molar-refractivity contribution in [3.63, 3.8) is 0 Å². The van der Waals surface area contributed by atoms with Crippen LogP contribution in [0.4, 0.5) is 0 Å². The number of amides is 1. The van der Waals surface area contributed by atoms with Crippen LogP contribution in [0.2, 0.25) is 5.02 Å². The van der Waals surface area contributed by atoms with E-state index in [2.05, 4.69) is 22.5 Å². The van der Waals surface area contributed by atoms with Crippen LogP contribution in [0.15, 0.2) is 18.3 Å². The average Bonchev–Trinajstić information content (AvgIpc) is 2.60. The monoisotopic (exact) mass is 353 g/mol. The molecule has 5 nitrogen and oxygen atoms in total. The van der Waals surface area contributed by atoms with E-state index in [1.807, 2.05) is 6.92 Å². The smallest absolute Gasteiger partial charge is 0.234 e. The average molecular weight is 354 g/mol. The van der Waals surface area contributed by atoms with Gasteiger partial charge in [0.1, 0.15) is 11.6 Å². The second kappa shape index (κ2) is 9.23. The molecule has 134 valence electrons. The zero-order valence-corrected chi connectivity index (χ0v) is 15.4. The third kappa shape index (κ3) is 5.95. The lowest BCUT2D eigenvalue weighted by atomic mass is 9.95. The van der Waals surface area contributed by atoms with Crippen molar-refractivity contribution >= 4 is 17.5 Å². The molecule has 1 aromatic heterocycles. The maximum atomic E-state index is 12.2. The van der Waals surface area contributed by atoms with Crippen molar-refractivity contribution in [1.29, 1.82) is 0 Å². The van der Waals surface area contributed by atoms with Crippen molar-refractivity contribution in [2.45, 2.75) is 64.0 Å². The highest BCUT2D eigenvalue weighted by Crippen LogP contribution is 2.22. The Labute approximate surface area is 149 Å². The minimum Gasteiger partial charge on any atom is -0.475 e. The van der Waals surface area contributed by atoms with E-state index in [4.69, 9.17) is 16.3 Å². The molecule has 1 aliphatic carbocycles. The SMILES string of the molecule is CCC(C)(COc1ncccc1Cl)NCC(=O)NC1CCCCC1. The van der Waals surface area contributed by atoms with Crippen LogP contribution in [0.25, 0.3) is 0 Å². The zero-order valence-electron chi connectivity index (χ0n) is 14.6. The van der Waals surface area contributed by atoms with E-state index in [-0.39, 0.29) is 11.4 Å². The fourth-order valence-corrected chi connectivity index (χ4v) is 2.98. The van der Waals surface area contributed by atoms with Crippen LogP contribution in [-0.2, 0) is 4.79 Å². The molecule has 24 heavy (non-hydrogen) atoms. The van der Waals surface area contributed by atoms with Gasteiger partial charge in [0.15, 0.2) is 0 Å². The number of halogens is 1. The number of aromatic nitrogens is 1. The second-order valence-electron chi connectivity index (χ2n) is 6.75. The molecule has 1 amide bonds. The fraction of sp³-hybridized carbons (Fsp3) is 0.667. The van der Waals surface area contributed by atoms with Gasteiger partial charge in [-0.25, -0.2) is 4.98 Å². The van der Waals surface area contributed by atoms with Crippen molar-refractivity contribution in [3.05, 3.63) is 23.4 Å². The number of hydrogen-bond acceptors (Lipinski definition) is 4. The first kappa shape index (κ1) is 19.0. The molecule has 1 aromatic rings. The first-order valence-electron chi connectivity index (χ1n) is 8.80. The quantitative estimate of drug-likeness (QED) is 0.752. The van der Waals surface area contributed by atoms with Gasteiger partial charge in [0, 0.05) is 17.8 Å². The third-order valence-corrected chi connectivity index (χ3v) is 4.97. The summed E-state index contributed by atoms with van der Waals surface area (Å²) in [7, 11) is 0. The highest BCUT2D eigenvalue weighted by Gasteiger charge is 2.25. The predicted octanol–water partition coefficient (Wildman–Crippen LogP) is 3.32. The number of hydrogen-bond donors (Lipinski definition) is 2. The molecule has 1 atom stereocenters. The first-order valence-corrected chi connectivity index (χ1v) is 9.18. The van der Waals surface area contributed by atoms with Crippen LogP contribution in [0.1, 0.15) is 52.4 Å². The number of pyridine rings is 1. The first-order chi connectivity index (χ1) is 11.5. The van der Waals surface area contributed by atoms with E-state index in [0.29, 0.717) is 30.1 Å². The molecule has 1 aliphatic rings. The molecule has 0 aromatic carbocycles. The largest absolute Gasteiger partial charge is 0.475 e. The van der Waals surface area contributed by atoms with Gasteiger partial charge in [-0.05, 0) is 38.3 Å². The lowest BCUT2D eigenvalue weighted by Crippen LogP contribution is -2.51. The van der Waals surface area contributed by atoms with Gasteiger partial charge in [0.2, 0.25) is 11.8 Å². The number of ether oxygens (including phenoxy) is 1. The van der Waals surface area contributed by atoms with Gasteiger partial charge in [-0.3, -0.25) is 10.1 Å². The van der Waals surface area contributed by atoms with Gasteiger partial charge in [-0.1, -0.05) is 37.8 Å². The van der Waals surface area contributed by atoms with Crippen LogP contribution in [0.5, 0.6) is 5.88 Å². The van der Waals surface area contributed by atoms with Crippen molar-refractivity contribution in [2.75, 3.05) is 13.2 Å². The van der Waals surface area contributed by atoms with Gasteiger partial charge in [0.25, 0.3) is 0 Å². The number of rotatable bonds is 8. The summed E-state index contributed by atoms with van der Waals surface area (Å²) in [6.45, 7) is 4.80. The molecule has 1 unspecified atom stereocenters. The Morgan fingerprint density at radius 1 is 1.42 bits per heavy atom. The molecular weight excluding hydrogens is 326 g/mol. The molecule has 1 saturated carbocycles. The van der Waals surface area contributed by atoms with Crippen LogP contribution < -0.4 is 15.4 Å². The van der Waals surface area contributed by atoms with Crippen LogP contribution >= 0.6 is 11.6 Å². The summed E-state index contributed by atoms with van der Waals surface area (Å²) in [5, 5.41) is 6.93. The molecular formula is C18H28ClN3O2. The zero-order chi connectivity index (χ0) is 17.4. The summed E-state index contributed by atoms with van der Waals surface area (Å²) >= 11 is 6.06. The molecule has 2 N–H and O–H groups in total. The van der Waals surface area contributed by atoms with Crippen LogP contribution in [-0.4, -0.2) is 35.6 Å². The Hall–Kier alpha value is -1.33. The molecule has 1 heterocycles. The highest BCUT2D eigenvalue weighted by atomic mass is 35.5. The van der Waals surface area contributed by atoms with Crippen molar-refractivity contribution < 1.29 is 9.53 Å². The molecule has 0 radical (unpaired) electrons. The standard InChI is InChI=1S/C18H28ClN3O2/c1-3-18(2,13-24-17-15(19)10-7-11-20-17)21-12-16(23)22-14-8-5-4-6-9-14/h7,10-11,14,21H,3-6,8-9,12-13H2,1-2H3,(H,22,23). The summed E-state index contributed by atoms with van der Waals surface area (Å²) in [4.78, 5) is 16.3. The van der Waals surface area contributed by atoms with Gasteiger partial charge in [-0.2, -0.15) is 0 Å². The topological polar surface area (TPSA) is 63.2 Å². The van der Waals surface area contributed by atoms with Crippen molar-refractivity contribution in [3.8, 4) is 5.88 Å².